The van der Waals surface area contributed by atoms with Crippen LogP contribution in [-0.4, -0.2) is 37.6 Å². The third kappa shape index (κ3) is 4.87. The van der Waals surface area contributed by atoms with Crippen LogP contribution in [0.1, 0.15) is 52.4 Å². The van der Waals surface area contributed by atoms with Crippen LogP contribution in [0.25, 0.3) is 0 Å². The standard InChI is InChI=1S/C15H30O3/c1-4-18-15(13-8-6-5-7-9-13)14(16)12(2)10-11-17-3/h12-16H,4-11H2,1-3H3. The molecule has 1 N–H and O–H groups in total. The number of ether oxygens (including phenoxy) is 2. The largest absolute Gasteiger partial charge is 0.390 e. The van der Waals surface area contributed by atoms with Crippen LogP contribution in [0, 0.1) is 11.8 Å². The molecule has 3 atom stereocenters. The van der Waals surface area contributed by atoms with E-state index in [-0.39, 0.29) is 18.1 Å². The summed E-state index contributed by atoms with van der Waals surface area (Å²) in [5, 5.41) is 10.5. The minimum Gasteiger partial charge on any atom is -0.390 e. The Hall–Kier alpha value is -0.120. The maximum Gasteiger partial charge on any atom is 0.0864 e. The fraction of sp³-hybridized carbons (Fsp3) is 1.00. The Kier molecular flexibility index (Phi) is 7.87. The normalized spacial score (nSPS) is 22.7. The summed E-state index contributed by atoms with van der Waals surface area (Å²) in [6.07, 6.45) is 6.88. The molecule has 108 valence electrons. The molecular formula is C15H30O3. The fourth-order valence-electron chi connectivity index (χ4n) is 2.97. The molecule has 3 nitrogen and oxygen atoms in total. The molecule has 1 fully saturated rings. The first-order valence-electron chi connectivity index (χ1n) is 7.49. The van der Waals surface area contributed by atoms with Crippen LogP contribution in [0.3, 0.4) is 0 Å². The highest BCUT2D eigenvalue weighted by molar-refractivity contribution is 4.83. The second-order valence-electron chi connectivity index (χ2n) is 5.57. The van der Waals surface area contributed by atoms with Crippen LogP contribution < -0.4 is 0 Å². The Bertz CT molecular complexity index is 202. The molecular weight excluding hydrogens is 228 g/mol. The van der Waals surface area contributed by atoms with Gasteiger partial charge in [-0.25, -0.2) is 0 Å². The van der Waals surface area contributed by atoms with E-state index in [1.165, 1.54) is 32.1 Å². The highest BCUT2D eigenvalue weighted by atomic mass is 16.5. The molecule has 0 radical (unpaired) electrons. The number of hydrogen-bond donors (Lipinski definition) is 1. The van der Waals surface area contributed by atoms with Gasteiger partial charge >= 0.3 is 0 Å². The van der Waals surface area contributed by atoms with E-state index < -0.39 is 0 Å². The second kappa shape index (κ2) is 8.89. The van der Waals surface area contributed by atoms with Crippen LogP contribution in [0.4, 0.5) is 0 Å². The van der Waals surface area contributed by atoms with E-state index in [0.29, 0.717) is 19.1 Å². The van der Waals surface area contributed by atoms with Crippen LogP contribution in [0.5, 0.6) is 0 Å². The van der Waals surface area contributed by atoms with E-state index in [2.05, 4.69) is 6.92 Å². The third-order valence-electron chi connectivity index (χ3n) is 4.17. The first-order chi connectivity index (χ1) is 8.70. The smallest absolute Gasteiger partial charge is 0.0864 e. The highest BCUT2D eigenvalue weighted by Crippen LogP contribution is 2.31. The van der Waals surface area contributed by atoms with Crippen molar-refractivity contribution in [2.24, 2.45) is 11.8 Å². The van der Waals surface area contributed by atoms with Crippen molar-refractivity contribution in [3.63, 3.8) is 0 Å². The Labute approximate surface area is 112 Å². The van der Waals surface area contributed by atoms with Gasteiger partial charge in [0.05, 0.1) is 12.2 Å². The zero-order chi connectivity index (χ0) is 13.4. The van der Waals surface area contributed by atoms with Gasteiger partial charge in [0.2, 0.25) is 0 Å². The lowest BCUT2D eigenvalue weighted by atomic mass is 9.80. The zero-order valence-corrected chi connectivity index (χ0v) is 12.2. The molecule has 0 aromatic carbocycles. The lowest BCUT2D eigenvalue weighted by Gasteiger charge is -2.35. The number of hydrogen-bond acceptors (Lipinski definition) is 3. The van der Waals surface area contributed by atoms with Gasteiger partial charge in [0.25, 0.3) is 0 Å². The molecule has 0 spiro atoms. The quantitative estimate of drug-likeness (QED) is 0.727. The average Bonchev–Trinajstić information content (AvgIpc) is 2.42. The van der Waals surface area contributed by atoms with Crippen molar-refractivity contribution in [2.45, 2.75) is 64.6 Å². The molecule has 0 heterocycles. The fourth-order valence-corrected chi connectivity index (χ4v) is 2.97. The molecule has 0 amide bonds. The summed E-state index contributed by atoms with van der Waals surface area (Å²) in [5.41, 5.74) is 0. The van der Waals surface area contributed by atoms with Gasteiger partial charge in [-0.1, -0.05) is 26.2 Å². The van der Waals surface area contributed by atoms with E-state index in [4.69, 9.17) is 9.47 Å². The first-order valence-corrected chi connectivity index (χ1v) is 7.49. The van der Waals surface area contributed by atoms with Gasteiger partial charge in [0, 0.05) is 20.3 Å². The summed E-state index contributed by atoms with van der Waals surface area (Å²) in [6.45, 7) is 5.51. The molecule has 0 aliphatic heterocycles. The van der Waals surface area contributed by atoms with Gasteiger partial charge in [0.1, 0.15) is 0 Å². The molecule has 1 saturated carbocycles. The summed E-state index contributed by atoms with van der Waals surface area (Å²) < 4.78 is 10.9. The summed E-state index contributed by atoms with van der Waals surface area (Å²) in [7, 11) is 1.71. The van der Waals surface area contributed by atoms with Gasteiger partial charge in [-0.15, -0.1) is 0 Å². The Morgan fingerprint density at radius 1 is 1.22 bits per heavy atom. The van der Waals surface area contributed by atoms with Crippen LogP contribution >= 0.6 is 0 Å². The van der Waals surface area contributed by atoms with E-state index >= 15 is 0 Å². The second-order valence-corrected chi connectivity index (χ2v) is 5.57. The maximum atomic E-state index is 10.5. The van der Waals surface area contributed by atoms with E-state index in [0.717, 1.165) is 6.42 Å². The zero-order valence-electron chi connectivity index (χ0n) is 12.2. The minimum absolute atomic E-state index is 0.0159. The van der Waals surface area contributed by atoms with Crippen molar-refractivity contribution in [3.8, 4) is 0 Å². The predicted molar refractivity (Wildman–Crippen MR) is 73.7 cm³/mol. The van der Waals surface area contributed by atoms with Crippen molar-refractivity contribution in [2.75, 3.05) is 20.3 Å². The molecule has 1 aliphatic carbocycles. The summed E-state index contributed by atoms with van der Waals surface area (Å²) in [4.78, 5) is 0. The van der Waals surface area contributed by atoms with E-state index in [9.17, 15) is 5.11 Å². The van der Waals surface area contributed by atoms with Crippen LogP contribution in [0.2, 0.25) is 0 Å². The van der Waals surface area contributed by atoms with Gasteiger partial charge in [-0.3, -0.25) is 0 Å². The average molecular weight is 258 g/mol. The highest BCUT2D eigenvalue weighted by Gasteiger charge is 2.32. The Morgan fingerprint density at radius 3 is 2.44 bits per heavy atom. The molecule has 18 heavy (non-hydrogen) atoms. The van der Waals surface area contributed by atoms with Crippen molar-refractivity contribution in [1.82, 2.24) is 0 Å². The lowest BCUT2D eigenvalue weighted by molar-refractivity contribution is -0.0934. The van der Waals surface area contributed by atoms with Gasteiger partial charge < -0.3 is 14.6 Å². The van der Waals surface area contributed by atoms with Crippen molar-refractivity contribution < 1.29 is 14.6 Å². The number of aliphatic hydroxyl groups is 1. The van der Waals surface area contributed by atoms with Crippen molar-refractivity contribution >= 4 is 0 Å². The number of aliphatic hydroxyl groups excluding tert-OH is 1. The Balaban J connectivity index is 2.52. The Morgan fingerprint density at radius 2 is 1.89 bits per heavy atom. The van der Waals surface area contributed by atoms with Gasteiger partial charge in [0.15, 0.2) is 0 Å². The van der Waals surface area contributed by atoms with Crippen molar-refractivity contribution in [3.05, 3.63) is 0 Å². The monoisotopic (exact) mass is 258 g/mol. The summed E-state index contributed by atoms with van der Waals surface area (Å²) in [6, 6.07) is 0. The molecule has 0 aromatic heterocycles. The number of rotatable bonds is 8. The SMILES string of the molecule is CCOC(C1CCCCC1)C(O)C(C)CCOC. The minimum atomic E-state index is -0.358. The molecule has 0 saturated heterocycles. The number of methoxy groups -OCH3 is 1. The molecule has 3 heteroatoms. The van der Waals surface area contributed by atoms with Gasteiger partial charge in [-0.05, 0) is 38.0 Å². The molecule has 3 unspecified atom stereocenters. The van der Waals surface area contributed by atoms with Crippen LogP contribution in [-0.2, 0) is 9.47 Å². The van der Waals surface area contributed by atoms with E-state index in [1.807, 2.05) is 6.92 Å². The van der Waals surface area contributed by atoms with E-state index in [1.54, 1.807) is 7.11 Å². The molecule has 0 aromatic rings. The molecule has 1 rings (SSSR count). The maximum absolute atomic E-state index is 10.5. The van der Waals surface area contributed by atoms with Crippen molar-refractivity contribution in [1.29, 1.82) is 0 Å². The van der Waals surface area contributed by atoms with Crippen LogP contribution in [0.15, 0.2) is 0 Å². The van der Waals surface area contributed by atoms with Gasteiger partial charge in [-0.2, -0.15) is 0 Å². The predicted octanol–water partition coefficient (Wildman–Crippen LogP) is 3.01. The summed E-state index contributed by atoms with van der Waals surface area (Å²) >= 11 is 0. The first kappa shape index (κ1) is 15.9. The third-order valence-corrected chi connectivity index (χ3v) is 4.17. The molecule has 1 aliphatic rings. The lowest BCUT2D eigenvalue weighted by Crippen LogP contribution is -2.41. The topological polar surface area (TPSA) is 38.7 Å². The summed E-state index contributed by atoms with van der Waals surface area (Å²) in [5.74, 6) is 0.780. The molecule has 0 bridgehead atoms.